The first-order chi connectivity index (χ1) is 24.1. The number of carbonyl (C=O) groups excluding carboxylic acids is 5. The number of Topliss-reactive ketones (excluding diaryl/α,β-unsaturated/α-hetero) is 1. The number of likely N-dealkylation sites (N-methyl/N-ethyl adjacent to an activating group) is 1. The van der Waals surface area contributed by atoms with Crippen LogP contribution in [0.4, 0.5) is 4.79 Å². The van der Waals surface area contributed by atoms with Crippen LogP contribution >= 0.6 is 11.3 Å². The van der Waals surface area contributed by atoms with Gasteiger partial charge in [-0.15, -0.1) is 17.9 Å². The van der Waals surface area contributed by atoms with Crippen LogP contribution in [0.5, 0.6) is 0 Å². The van der Waals surface area contributed by atoms with Gasteiger partial charge < -0.3 is 26.2 Å². The molecule has 0 radical (unpaired) electrons. The van der Waals surface area contributed by atoms with Crippen LogP contribution in [0, 0.1) is 22.7 Å². The molecule has 1 aliphatic rings. The summed E-state index contributed by atoms with van der Waals surface area (Å²) in [6, 6.07) is -1.11. The van der Waals surface area contributed by atoms with E-state index in [9.17, 15) is 32.4 Å². The van der Waals surface area contributed by atoms with Crippen molar-refractivity contribution in [2.24, 2.45) is 22.7 Å². The Morgan fingerprint density at radius 2 is 1.69 bits per heavy atom. The third kappa shape index (κ3) is 11.9. The monoisotopic (exact) mass is 766 g/mol. The van der Waals surface area contributed by atoms with E-state index in [0.29, 0.717) is 12.8 Å². The topological polar surface area (TPSA) is 174 Å². The number of likely N-dealkylation sites (tertiary alicyclic amines) is 1. The molecule has 1 fully saturated rings. The average molecular weight is 767 g/mol. The van der Waals surface area contributed by atoms with Crippen LogP contribution in [0.1, 0.15) is 94.9 Å². The molecule has 2 unspecified atom stereocenters. The Balaban J connectivity index is 2.37. The number of ketones is 1. The molecule has 2 rings (SSSR count). The number of rotatable bonds is 18. The molecule has 0 aliphatic carbocycles. The number of nitrogens with one attached hydrogen (secondary N) is 4. The number of carbonyl (C=O) groups is 5. The van der Waals surface area contributed by atoms with E-state index in [0.717, 1.165) is 17.8 Å². The standard InChI is InChI=1S/C37H62N6O7S2/c1-12-15-17-26(30(44)33(46)38-20-13-2)39-32(45)29-25(24(4)5)19-21-43(29)34(47)31(37(9,10)11)41-35(48)40-27(36(6,7)8)23-42(14-3)52(49,50)28-18-16-22-51-28/h13,16,18,22,24-27,29,31H,2,12,14-15,17,19-21,23H2,1,3-11H3,(H,38,46)(H,39,45)(H2,40,41,48)/t25?,26?,27-,29+,31-/m1/s1. The third-order valence-electron chi connectivity index (χ3n) is 9.53. The first-order valence-electron chi connectivity index (χ1n) is 18.3. The number of unbranched alkanes of at least 4 members (excludes halogenated alkanes) is 1. The van der Waals surface area contributed by atoms with Gasteiger partial charge in [0, 0.05) is 32.2 Å². The molecule has 52 heavy (non-hydrogen) atoms. The highest BCUT2D eigenvalue weighted by atomic mass is 32.2. The lowest BCUT2D eigenvalue weighted by Gasteiger charge is -2.38. The number of urea groups is 1. The van der Waals surface area contributed by atoms with E-state index in [-0.39, 0.29) is 48.6 Å². The molecule has 294 valence electrons. The predicted octanol–water partition coefficient (Wildman–Crippen LogP) is 4.31. The van der Waals surface area contributed by atoms with Crippen LogP contribution in [-0.4, -0.2) is 97.5 Å². The zero-order valence-electron chi connectivity index (χ0n) is 32.7. The van der Waals surface area contributed by atoms with Gasteiger partial charge >= 0.3 is 6.03 Å². The molecule has 0 aromatic carbocycles. The van der Waals surface area contributed by atoms with Gasteiger partial charge in [0.2, 0.25) is 17.6 Å². The lowest BCUT2D eigenvalue weighted by molar-refractivity contribution is -0.144. The summed E-state index contributed by atoms with van der Waals surface area (Å²) in [5, 5.41) is 12.8. The quantitative estimate of drug-likeness (QED) is 0.127. The number of hydrogen-bond donors (Lipinski definition) is 4. The number of thiophene rings is 1. The van der Waals surface area contributed by atoms with Crippen molar-refractivity contribution in [1.29, 1.82) is 0 Å². The minimum Gasteiger partial charge on any atom is -0.346 e. The smallest absolute Gasteiger partial charge is 0.315 e. The van der Waals surface area contributed by atoms with Gasteiger partial charge in [-0.1, -0.05) is 94.2 Å². The zero-order chi connectivity index (χ0) is 39.6. The van der Waals surface area contributed by atoms with Gasteiger partial charge in [0.15, 0.2) is 0 Å². The molecule has 1 aromatic rings. The Kier molecular flexibility index (Phi) is 16.5. The molecule has 0 bridgehead atoms. The summed E-state index contributed by atoms with van der Waals surface area (Å²) in [6.07, 6.45) is 3.61. The largest absolute Gasteiger partial charge is 0.346 e. The van der Waals surface area contributed by atoms with Gasteiger partial charge in [-0.05, 0) is 47.0 Å². The van der Waals surface area contributed by atoms with Crippen molar-refractivity contribution in [2.45, 2.75) is 123 Å². The first kappa shape index (κ1) is 44.9. The molecule has 1 aromatic heterocycles. The van der Waals surface area contributed by atoms with Crippen molar-refractivity contribution < 1.29 is 32.4 Å². The van der Waals surface area contributed by atoms with Gasteiger partial charge in [-0.2, -0.15) is 4.31 Å². The van der Waals surface area contributed by atoms with Crippen LogP contribution in [0.2, 0.25) is 0 Å². The summed E-state index contributed by atoms with van der Waals surface area (Å²) in [5.41, 5.74) is -1.35. The maximum atomic E-state index is 14.5. The van der Waals surface area contributed by atoms with Crippen molar-refractivity contribution in [3.05, 3.63) is 30.2 Å². The van der Waals surface area contributed by atoms with Gasteiger partial charge in [0.1, 0.15) is 16.3 Å². The fourth-order valence-corrected chi connectivity index (χ4v) is 8.87. The SMILES string of the molecule is C=CCNC(=O)C(=O)C(CCCC)NC(=O)[C@@H]1C(C(C)C)CCN1C(=O)[C@@H](NC(=O)N[C@H](CN(CC)S(=O)(=O)c1cccs1)C(C)(C)C)C(C)(C)C. The van der Waals surface area contributed by atoms with Crippen molar-refractivity contribution >= 4 is 50.9 Å². The fourth-order valence-electron chi connectivity index (χ4n) is 6.26. The second kappa shape index (κ2) is 19.2. The highest BCUT2D eigenvalue weighted by molar-refractivity contribution is 7.91. The Bertz CT molecular complexity index is 1500. The molecule has 0 saturated carbocycles. The third-order valence-corrected chi connectivity index (χ3v) is 12.8. The maximum Gasteiger partial charge on any atom is 0.315 e. The molecular weight excluding hydrogens is 705 g/mol. The van der Waals surface area contributed by atoms with Crippen LogP contribution < -0.4 is 21.3 Å². The van der Waals surface area contributed by atoms with E-state index in [1.54, 1.807) is 24.4 Å². The van der Waals surface area contributed by atoms with Crippen LogP contribution in [0.25, 0.3) is 0 Å². The number of amides is 5. The summed E-state index contributed by atoms with van der Waals surface area (Å²) in [7, 11) is -3.79. The van der Waals surface area contributed by atoms with Gasteiger partial charge in [-0.25, -0.2) is 13.2 Å². The second-order valence-electron chi connectivity index (χ2n) is 16.0. The minimum absolute atomic E-state index is 0.00968. The van der Waals surface area contributed by atoms with Crippen molar-refractivity contribution in [2.75, 3.05) is 26.2 Å². The van der Waals surface area contributed by atoms with Crippen LogP contribution in [-0.2, 0) is 29.2 Å². The first-order valence-corrected chi connectivity index (χ1v) is 20.6. The molecule has 1 aliphatic heterocycles. The van der Waals surface area contributed by atoms with E-state index >= 15 is 0 Å². The summed E-state index contributed by atoms with van der Waals surface area (Å²) < 4.78 is 28.3. The normalized spacial score (nSPS) is 18.4. The maximum absolute atomic E-state index is 14.5. The molecule has 13 nitrogen and oxygen atoms in total. The molecule has 4 N–H and O–H groups in total. The van der Waals surface area contributed by atoms with E-state index in [1.807, 2.05) is 62.3 Å². The van der Waals surface area contributed by atoms with E-state index in [1.165, 1.54) is 15.3 Å². The molecule has 2 heterocycles. The highest BCUT2D eigenvalue weighted by Crippen LogP contribution is 2.34. The van der Waals surface area contributed by atoms with Crippen molar-refractivity contribution in [3.8, 4) is 0 Å². The highest BCUT2D eigenvalue weighted by Gasteiger charge is 2.48. The Morgan fingerprint density at radius 3 is 2.19 bits per heavy atom. The molecule has 15 heteroatoms. The molecule has 5 atom stereocenters. The van der Waals surface area contributed by atoms with Gasteiger partial charge in [0.05, 0.1) is 6.04 Å². The molecule has 5 amide bonds. The minimum atomic E-state index is -3.79. The van der Waals surface area contributed by atoms with Crippen LogP contribution in [0.3, 0.4) is 0 Å². The number of sulfonamides is 1. The van der Waals surface area contributed by atoms with Gasteiger partial charge in [0.25, 0.3) is 15.9 Å². The fraction of sp³-hybridized carbons (Fsp3) is 0.703. The number of nitrogens with zero attached hydrogens (tertiary/aromatic N) is 2. The van der Waals surface area contributed by atoms with Crippen LogP contribution in [0.15, 0.2) is 34.4 Å². The molecular formula is C37H62N6O7S2. The predicted molar refractivity (Wildman–Crippen MR) is 205 cm³/mol. The summed E-state index contributed by atoms with van der Waals surface area (Å²) in [4.78, 5) is 69.5. The summed E-state index contributed by atoms with van der Waals surface area (Å²) in [6.45, 7) is 22.9. The van der Waals surface area contributed by atoms with E-state index in [4.69, 9.17) is 0 Å². The summed E-state index contributed by atoms with van der Waals surface area (Å²) >= 11 is 1.13. The van der Waals surface area contributed by atoms with Gasteiger partial charge in [-0.3, -0.25) is 19.2 Å². The Morgan fingerprint density at radius 1 is 1.04 bits per heavy atom. The lowest BCUT2D eigenvalue weighted by Crippen LogP contribution is -2.62. The lowest BCUT2D eigenvalue weighted by atomic mass is 9.84. The number of hydrogen-bond acceptors (Lipinski definition) is 8. The molecule has 1 saturated heterocycles. The summed E-state index contributed by atoms with van der Waals surface area (Å²) in [5.74, 6) is -2.77. The Labute approximate surface area is 315 Å². The Hall–Kier alpha value is -3.30. The molecule has 0 spiro atoms. The van der Waals surface area contributed by atoms with Crippen molar-refractivity contribution in [1.82, 2.24) is 30.5 Å². The van der Waals surface area contributed by atoms with E-state index < -0.39 is 74.6 Å². The zero-order valence-corrected chi connectivity index (χ0v) is 34.3. The van der Waals surface area contributed by atoms with Crippen molar-refractivity contribution in [3.63, 3.8) is 0 Å². The van der Waals surface area contributed by atoms with E-state index in [2.05, 4.69) is 27.8 Å². The second-order valence-corrected chi connectivity index (χ2v) is 19.1. The average Bonchev–Trinajstić information content (AvgIpc) is 3.76.